The number of hydrogen-bond donors (Lipinski definition) is 2. The maximum Gasteiger partial charge on any atom is 0.0118 e. The molecule has 0 fully saturated rings. The van der Waals surface area contributed by atoms with Crippen molar-refractivity contribution in [3.05, 3.63) is 0 Å². The van der Waals surface area contributed by atoms with Gasteiger partial charge in [-0.3, -0.25) is 0 Å². The van der Waals surface area contributed by atoms with Crippen LogP contribution < -0.4 is 11.1 Å². The summed E-state index contributed by atoms with van der Waals surface area (Å²) in [5, 5.41) is 3.38. The van der Waals surface area contributed by atoms with Crippen LogP contribution in [0, 0.1) is 10.8 Å². The molecule has 0 heterocycles. The van der Waals surface area contributed by atoms with Crippen LogP contribution >= 0.6 is 0 Å². The minimum absolute atomic E-state index is 0.237. The van der Waals surface area contributed by atoms with Crippen molar-refractivity contribution in [3.8, 4) is 0 Å². The lowest BCUT2D eigenvalue weighted by atomic mass is 9.76. The van der Waals surface area contributed by atoms with E-state index in [1.165, 1.54) is 0 Å². The maximum absolute atomic E-state index is 5.72. The molecule has 0 radical (unpaired) electrons. The lowest BCUT2D eigenvalue weighted by molar-refractivity contribution is 0.195. The summed E-state index contributed by atoms with van der Waals surface area (Å²) < 4.78 is 0. The second-order valence-corrected chi connectivity index (χ2v) is 5.78. The summed E-state index contributed by atoms with van der Waals surface area (Å²) in [5.74, 6) is 0. The van der Waals surface area contributed by atoms with Crippen molar-refractivity contribution >= 4 is 0 Å². The van der Waals surface area contributed by atoms with E-state index in [4.69, 9.17) is 5.73 Å². The molecule has 0 aromatic heterocycles. The molecule has 2 nitrogen and oxygen atoms in total. The highest BCUT2D eigenvalue weighted by Gasteiger charge is 2.29. The fraction of sp³-hybridized carbons (Fsp3) is 1.00. The van der Waals surface area contributed by atoms with Crippen LogP contribution in [-0.2, 0) is 0 Å². The highest BCUT2D eigenvalue weighted by Crippen LogP contribution is 2.29. The van der Waals surface area contributed by atoms with Gasteiger partial charge in [-0.05, 0) is 30.8 Å². The molecule has 0 aliphatic rings. The Labute approximate surface area is 83.3 Å². The smallest absolute Gasteiger partial charge is 0.0118 e. The molecule has 0 spiro atoms. The second kappa shape index (κ2) is 4.43. The van der Waals surface area contributed by atoms with Crippen LogP contribution in [0.25, 0.3) is 0 Å². The SMILES string of the molecule is CNC(CC(C)(C)CN)C(C)(C)C. The standard InChI is InChI=1S/C11H26N2/c1-10(2,3)9(13-6)7-11(4,5)8-12/h9,13H,7-8,12H2,1-6H3. The summed E-state index contributed by atoms with van der Waals surface area (Å²) in [5.41, 5.74) is 6.27. The minimum atomic E-state index is 0.237. The van der Waals surface area contributed by atoms with Gasteiger partial charge in [0, 0.05) is 6.04 Å². The molecule has 0 saturated carbocycles. The Morgan fingerprint density at radius 1 is 1.15 bits per heavy atom. The lowest BCUT2D eigenvalue weighted by Crippen LogP contribution is -2.43. The minimum Gasteiger partial charge on any atom is -0.330 e. The third-order valence-electron chi connectivity index (χ3n) is 2.70. The quantitative estimate of drug-likeness (QED) is 0.704. The number of rotatable bonds is 4. The van der Waals surface area contributed by atoms with Gasteiger partial charge in [-0.1, -0.05) is 34.6 Å². The Bertz CT molecular complexity index is 145. The Hall–Kier alpha value is -0.0800. The second-order valence-electron chi connectivity index (χ2n) is 5.78. The molecule has 80 valence electrons. The summed E-state index contributed by atoms with van der Waals surface area (Å²) in [6.45, 7) is 12.0. The first kappa shape index (κ1) is 12.9. The average molecular weight is 186 g/mol. The third-order valence-corrected chi connectivity index (χ3v) is 2.70. The van der Waals surface area contributed by atoms with E-state index < -0.39 is 0 Å². The van der Waals surface area contributed by atoms with E-state index in [0.717, 1.165) is 13.0 Å². The Balaban J connectivity index is 4.30. The normalized spacial score (nSPS) is 15.9. The van der Waals surface area contributed by atoms with Gasteiger partial charge in [-0.2, -0.15) is 0 Å². The first-order chi connectivity index (χ1) is 5.73. The average Bonchev–Trinajstić information content (AvgIpc) is 1.98. The van der Waals surface area contributed by atoms with Gasteiger partial charge in [0.15, 0.2) is 0 Å². The summed E-state index contributed by atoms with van der Waals surface area (Å²) in [6, 6.07) is 0.533. The third kappa shape index (κ3) is 4.63. The van der Waals surface area contributed by atoms with E-state index in [2.05, 4.69) is 39.9 Å². The van der Waals surface area contributed by atoms with E-state index in [1.54, 1.807) is 0 Å². The fourth-order valence-electron chi connectivity index (χ4n) is 1.48. The van der Waals surface area contributed by atoms with Gasteiger partial charge >= 0.3 is 0 Å². The molecule has 0 bridgehead atoms. The monoisotopic (exact) mass is 186 g/mol. The van der Waals surface area contributed by atoms with Crippen molar-refractivity contribution in [2.45, 2.75) is 47.1 Å². The molecule has 0 amide bonds. The van der Waals surface area contributed by atoms with Crippen LogP contribution in [0.2, 0.25) is 0 Å². The molecule has 1 atom stereocenters. The van der Waals surface area contributed by atoms with Crippen molar-refractivity contribution in [2.24, 2.45) is 16.6 Å². The van der Waals surface area contributed by atoms with Gasteiger partial charge in [-0.15, -0.1) is 0 Å². The summed E-state index contributed by atoms with van der Waals surface area (Å²) in [6.07, 6.45) is 1.13. The molecule has 3 N–H and O–H groups in total. The largest absolute Gasteiger partial charge is 0.330 e. The van der Waals surface area contributed by atoms with Crippen molar-refractivity contribution in [1.82, 2.24) is 5.32 Å². The topological polar surface area (TPSA) is 38.0 Å². The van der Waals surface area contributed by atoms with Gasteiger partial charge in [-0.25, -0.2) is 0 Å². The highest BCUT2D eigenvalue weighted by molar-refractivity contribution is 4.85. The molecule has 0 aromatic carbocycles. The molecular formula is C11H26N2. The van der Waals surface area contributed by atoms with Gasteiger partial charge in [0.25, 0.3) is 0 Å². The Kier molecular flexibility index (Phi) is 4.40. The van der Waals surface area contributed by atoms with E-state index in [9.17, 15) is 0 Å². The molecule has 2 heteroatoms. The van der Waals surface area contributed by atoms with Gasteiger partial charge in [0.05, 0.1) is 0 Å². The molecule has 0 rings (SSSR count). The molecule has 0 saturated heterocycles. The molecular weight excluding hydrogens is 160 g/mol. The number of hydrogen-bond acceptors (Lipinski definition) is 2. The molecule has 0 aromatic rings. The van der Waals surface area contributed by atoms with E-state index in [0.29, 0.717) is 11.5 Å². The van der Waals surface area contributed by atoms with Crippen molar-refractivity contribution in [3.63, 3.8) is 0 Å². The molecule has 1 unspecified atom stereocenters. The molecule has 0 aliphatic carbocycles. The fourth-order valence-corrected chi connectivity index (χ4v) is 1.48. The Morgan fingerprint density at radius 3 is 1.85 bits per heavy atom. The van der Waals surface area contributed by atoms with E-state index in [1.807, 2.05) is 7.05 Å². The van der Waals surface area contributed by atoms with Gasteiger partial charge in [0.2, 0.25) is 0 Å². The predicted octanol–water partition coefficient (Wildman–Crippen LogP) is 2.00. The van der Waals surface area contributed by atoms with Crippen LogP contribution in [0.1, 0.15) is 41.0 Å². The number of nitrogens with two attached hydrogens (primary N) is 1. The van der Waals surface area contributed by atoms with Crippen molar-refractivity contribution in [1.29, 1.82) is 0 Å². The maximum atomic E-state index is 5.72. The Morgan fingerprint density at radius 2 is 1.62 bits per heavy atom. The lowest BCUT2D eigenvalue weighted by Gasteiger charge is -2.36. The van der Waals surface area contributed by atoms with Crippen LogP contribution in [0.4, 0.5) is 0 Å². The van der Waals surface area contributed by atoms with Crippen LogP contribution in [0.15, 0.2) is 0 Å². The first-order valence-corrected chi connectivity index (χ1v) is 5.10. The first-order valence-electron chi connectivity index (χ1n) is 5.10. The van der Waals surface area contributed by atoms with Crippen LogP contribution in [0.5, 0.6) is 0 Å². The van der Waals surface area contributed by atoms with Gasteiger partial charge in [0.1, 0.15) is 0 Å². The summed E-state index contributed by atoms with van der Waals surface area (Å²) >= 11 is 0. The van der Waals surface area contributed by atoms with Crippen molar-refractivity contribution < 1.29 is 0 Å². The zero-order valence-electron chi connectivity index (χ0n) is 10.1. The van der Waals surface area contributed by atoms with Gasteiger partial charge < -0.3 is 11.1 Å². The van der Waals surface area contributed by atoms with Crippen LogP contribution in [-0.4, -0.2) is 19.6 Å². The predicted molar refractivity (Wildman–Crippen MR) is 59.8 cm³/mol. The zero-order chi connectivity index (χ0) is 10.7. The molecule has 13 heavy (non-hydrogen) atoms. The van der Waals surface area contributed by atoms with E-state index >= 15 is 0 Å². The zero-order valence-corrected chi connectivity index (χ0v) is 10.1. The highest BCUT2D eigenvalue weighted by atomic mass is 14.9. The molecule has 0 aliphatic heterocycles. The van der Waals surface area contributed by atoms with Crippen LogP contribution in [0.3, 0.4) is 0 Å². The number of nitrogens with one attached hydrogen (secondary N) is 1. The summed E-state index contributed by atoms with van der Waals surface area (Å²) in [7, 11) is 2.03. The van der Waals surface area contributed by atoms with Crippen molar-refractivity contribution in [2.75, 3.05) is 13.6 Å². The summed E-state index contributed by atoms with van der Waals surface area (Å²) in [4.78, 5) is 0. The van der Waals surface area contributed by atoms with E-state index in [-0.39, 0.29) is 5.41 Å².